The summed E-state index contributed by atoms with van der Waals surface area (Å²) in [6.45, 7) is 2.27. The fourth-order valence-corrected chi connectivity index (χ4v) is 7.53. The highest BCUT2D eigenvalue weighted by molar-refractivity contribution is 5.88. The van der Waals surface area contributed by atoms with E-state index in [2.05, 4.69) is 24.3 Å². The molecule has 7 nitrogen and oxygen atoms in total. The molecule has 0 amide bonds. The third-order valence-electron chi connectivity index (χ3n) is 10.7. The summed E-state index contributed by atoms with van der Waals surface area (Å²) in [6.07, 6.45) is 0. The summed E-state index contributed by atoms with van der Waals surface area (Å²) < 4.78 is 47.8. The molecule has 0 spiro atoms. The first-order valence-electron chi connectivity index (χ1n) is 21.2. The Hall–Kier alpha value is -7.48. The zero-order chi connectivity index (χ0) is 42.5. The van der Waals surface area contributed by atoms with Gasteiger partial charge in [-0.1, -0.05) is 182 Å². The Balaban J connectivity index is 1.25. The topological polar surface area (TPSA) is 64.6 Å². The molecule has 1 heterocycles. The Kier molecular flexibility index (Phi) is 13.2. The van der Waals surface area contributed by atoms with Crippen molar-refractivity contribution in [2.45, 2.75) is 52.9 Å². The normalized spacial score (nSPS) is 11.7. The maximum absolute atomic E-state index is 7.05. The van der Waals surface area contributed by atoms with Crippen LogP contribution in [0.5, 0.6) is 34.5 Å². The second-order valence-corrected chi connectivity index (χ2v) is 15.3. The van der Waals surface area contributed by atoms with E-state index in [-0.39, 0.29) is 39.6 Å². The number of hydrogen-bond acceptors (Lipinski definition) is 7. The van der Waals surface area contributed by atoms with Crippen LogP contribution in [0.25, 0.3) is 11.1 Å². The number of hydrogen-bond donors (Lipinski definition) is 0. The molecule has 0 bridgehead atoms. The molecule has 314 valence electrons. The molecule has 1 aliphatic rings. The highest BCUT2D eigenvalue weighted by atomic mass is 16.6. The van der Waals surface area contributed by atoms with Crippen LogP contribution in [0.3, 0.4) is 0 Å². The van der Waals surface area contributed by atoms with Crippen LogP contribution in [0.2, 0.25) is 0 Å². The van der Waals surface area contributed by atoms with Crippen LogP contribution in [0, 0.1) is 0 Å². The van der Waals surface area contributed by atoms with E-state index in [4.69, 9.17) is 33.2 Å². The van der Waals surface area contributed by atoms with Crippen molar-refractivity contribution >= 4 is 0 Å². The molecule has 0 saturated heterocycles. The smallest absolute Gasteiger partial charge is 0.204 e. The second-order valence-electron chi connectivity index (χ2n) is 15.3. The summed E-state index contributed by atoms with van der Waals surface area (Å²) in [7, 11) is 0. The zero-order valence-corrected chi connectivity index (χ0v) is 35.0. The van der Waals surface area contributed by atoms with Gasteiger partial charge in [-0.3, -0.25) is 0 Å². The van der Waals surface area contributed by atoms with Gasteiger partial charge in [-0.15, -0.1) is 0 Å². The highest BCUT2D eigenvalue weighted by Gasteiger charge is 2.33. The molecule has 0 saturated carbocycles. The quantitative estimate of drug-likeness (QED) is 0.0853. The molecular weight excluding hydrogens is 785 g/mol. The van der Waals surface area contributed by atoms with Gasteiger partial charge in [0, 0.05) is 11.1 Å². The molecule has 8 aromatic carbocycles. The van der Waals surface area contributed by atoms with Crippen molar-refractivity contribution in [3.8, 4) is 45.6 Å². The van der Waals surface area contributed by atoms with E-state index in [9.17, 15) is 0 Å². The van der Waals surface area contributed by atoms with Crippen LogP contribution in [0.1, 0.15) is 44.5 Å². The second kappa shape index (κ2) is 20.4. The summed E-state index contributed by atoms with van der Waals surface area (Å²) >= 11 is 0. The third-order valence-corrected chi connectivity index (χ3v) is 10.7. The van der Waals surface area contributed by atoms with Gasteiger partial charge in [0.2, 0.25) is 11.5 Å². The number of benzene rings is 8. The van der Waals surface area contributed by atoms with Crippen molar-refractivity contribution in [1.82, 2.24) is 0 Å². The minimum Gasteiger partial charge on any atom is -0.485 e. The van der Waals surface area contributed by atoms with Crippen molar-refractivity contribution in [3.05, 3.63) is 239 Å². The number of fused-ring (bicyclic) bond motifs is 3. The first kappa shape index (κ1) is 40.9. The average molecular weight is 833 g/mol. The van der Waals surface area contributed by atoms with E-state index in [1.54, 1.807) is 0 Å². The molecule has 0 atom stereocenters. The van der Waals surface area contributed by atoms with E-state index in [1.165, 1.54) is 0 Å². The van der Waals surface area contributed by atoms with Crippen molar-refractivity contribution in [2.75, 3.05) is 0 Å². The Bertz CT molecular complexity index is 2490. The highest BCUT2D eigenvalue weighted by Crippen LogP contribution is 2.56. The molecule has 8 aromatic rings. The first-order chi connectivity index (χ1) is 31.2. The summed E-state index contributed by atoms with van der Waals surface area (Å²) in [6, 6.07) is 64.7. The molecule has 0 aromatic heterocycles. The standard InChI is InChI=1S/C56H48O7/c1-7-19-41(20-8-1)33-58-49-31-47-39-57-40-48-32-50(59-34-42-21-9-2-10-22-42)54(61-36-44-25-13-4-14-26-44)56(63-38-46-29-17-6-18-30-46)52(48)51(47)55(62-37-45-27-15-5-16-28-45)53(49)60-35-43-23-11-3-12-24-43/h1-32H,33-40H2. The lowest BCUT2D eigenvalue weighted by Crippen LogP contribution is -2.09. The summed E-state index contributed by atoms with van der Waals surface area (Å²) in [5, 5.41) is 0. The van der Waals surface area contributed by atoms with Gasteiger partial charge in [-0.25, -0.2) is 0 Å². The molecule has 0 aliphatic carbocycles. The van der Waals surface area contributed by atoms with Crippen molar-refractivity contribution in [3.63, 3.8) is 0 Å². The molecular formula is C56H48O7. The third kappa shape index (κ3) is 10.4. The van der Waals surface area contributed by atoms with Gasteiger partial charge in [0.05, 0.1) is 13.2 Å². The molecule has 63 heavy (non-hydrogen) atoms. The van der Waals surface area contributed by atoms with Crippen LogP contribution >= 0.6 is 0 Å². The van der Waals surface area contributed by atoms with E-state index in [0.29, 0.717) is 47.7 Å². The van der Waals surface area contributed by atoms with Gasteiger partial charge >= 0.3 is 0 Å². The summed E-state index contributed by atoms with van der Waals surface area (Å²) in [5.74, 6) is 3.06. The lowest BCUT2D eigenvalue weighted by Gasteiger charge is -2.26. The predicted molar refractivity (Wildman–Crippen MR) is 245 cm³/mol. The van der Waals surface area contributed by atoms with Crippen LogP contribution in [-0.4, -0.2) is 0 Å². The van der Waals surface area contributed by atoms with Gasteiger partial charge in [-0.2, -0.15) is 0 Å². The van der Waals surface area contributed by atoms with Crippen molar-refractivity contribution in [2.24, 2.45) is 0 Å². The molecule has 9 rings (SSSR count). The molecule has 7 heteroatoms. The van der Waals surface area contributed by atoms with E-state index in [1.807, 2.05) is 170 Å². The lowest BCUT2D eigenvalue weighted by atomic mass is 9.92. The molecule has 0 N–H and O–H groups in total. The van der Waals surface area contributed by atoms with Gasteiger partial charge in [-0.05, 0) is 56.6 Å². The lowest BCUT2D eigenvalue weighted by molar-refractivity contribution is 0.109. The fourth-order valence-electron chi connectivity index (χ4n) is 7.53. The SMILES string of the molecule is c1ccc(COc2cc3c(c(OCc4ccccc4)c2OCc2ccccc2)-c2c(cc(OCc4ccccc4)c(OCc4ccccc4)c2OCc2ccccc2)COC3)cc1. The first-order valence-corrected chi connectivity index (χ1v) is 21.2. The zero-order valence-electron chi connectivity index (χ0n) is 35.0. The Morgan fingerprint density at radius 3 is 0.794 bits per heavy atom. The average Bonchev–Trinajstić information content (AvgIpc) is 3.53. The summed E-state index contributed by atoms with van der Waals surface area (Å²) in [4.78, 5) is 0. The number of ether oxygens (including phenoxy) is 7. The predicted octanol–water partition coefficient (Wildman–Crippen LogP) is 12.9. The summed E-state index contributed by atoms with van der Waals surface area (Å²) in [5.41, 5.74) is 9.30. The van der Waals surface area contributed by atoms with Crippen LogP contribution < -0.4 is 28.4 Å². The largest absolute Gasteiger partial charge is 0.485 e. The fraction of sp³-hybridized carbons (Fsp3) is 0.143. The van der Waals surface area contributed by atoms with Gasteiger partial charge < -0.3 is 33.2 Å². The Labute approximate surface area is 369 Å². The Morgan fingerprint density at radius 2 is 0.524 bits per heavy atom. The Morgan fingerprint density at radius 1 is 0.286 bits per heavy atom. The monoisotopic (exact) mass is 832 g/mol. The van der Waals surface area contributed by atoms with E-state index < -0.39 is 0 Å². The van der Waals surface area contributed by atoms with E-state index >= 15 is 0 Å². The van der Waals surface area contributed by atoms with Crippen LogP contribution in [-0.2, 0) is 57.6 Å². The van der Waals surface area contributed by atoms with Gasteiger partial charge in [0.25, 0.3) is 0 Å². The molecule has 0 radical (unpaired) electrons. The van der Waals surface area contributed by atoms with Crippen molar-refractivity contribution < 1.29 is 33.2 Å². The van der Waals surface area contributed by atoms with Gasteiger partial charge in [0.1, 0.15) is 39.6 Å². The minimum atomic E-state index is 0.267. The van der Waals surface area contributed by atoms with Crippen molar-refractivity contribution in [1.29, 1.82) is 0 Å². The molecule has 1 aliphatic heterocycles. The minimum absolute atomic E-state index is 0.267. The number of rotatable bonds is 18. The maximum Gasteiger partial charge on any atom is 0.204 e. The van der Waals surface area contributed by atoms with Gasteiger partial charge in [0.15, 0.2) is 23.0 Å². The van der Waals surface area contributed by atoms with Crippen LogP contribution in [0.15, 0.2) is 194 Å². The van der Waals surface area contributed by atoms with E-state index in [0.717, 1.165) is 55.6 Å². The molecule has 0 fully saturated rings. The maximum atomic E-state index is 7.05. The molecule has 0 unspecified atom stereocenters. The van der Waals surface area contributed by atoms with Crippen LogP contribution in [0.4, 0.5) is 0 Å².